The van der Waals surface area contributed by atoms with Crippen molar-refractivity contribution in [1.29, 1.82) is 0 Å². The quantitative estimate of drug-likeness (QED) is 0.830. The van der Waals surface area contributed by atoms with Crippen molar-refractivity contribution < 1.29 is 5.11 Å². The van der Waals surface area contributed by atoms with E-state index in [4.69, 9.17) is 11.6 Å². The van der Waals surface area contributed by atoms with Gasteiger partial charge in [-0.15, -0.1) is 11.3 Å². The summed E-state index contributed by atoms with van der Waals surface area (Å²) in [7, 11) is 0. The Morgan fingerprint density at radius 2 is 1.95 bits per heavy atom. The van der Waals surface area contributed by atoms with Crippen LogP contribution < -0.4 is 5.32 Å². The maximum Gasteiger partial charge on any atom is 0.225 e. The molecule has 1 fully saturated rings. The van der Waals surface area contributed by atoms with E-state index >= 15 is 0 Å². The van der Waals surface area contributed by atoms with Crippen LogP contribution in [0, 0.1) is 0 Å². The molecule has 0 aliphatic heterocycles. The van der Waals surface area contributed by atoms with Gasteiger partial charge >= 0.3 is 0 Å². The van der Waals surface area contributed by atoms with Crippen LogP contribution in [0.1, 0.15) is 42.5 Å². The van der Waals surface area contributed by atoms with E-state index in [2.05, 4.69) is 15.3 Å². The Bertz CT molecular complexity index is 679. The van der Waals surface area contributed by atoms with E-state index in [0.29, 0.717) is 11.3 Å². The number of aryl methyl sites for hydroxylation is 2. The molecule has 2 aromatic rings. The SMILES string of the molecule is O[C@H]1CC[C@H](Nc2nc(Cl)nc3sc4c(c23)CCC4)CC1. The van der Waals surface area contributed by atoms with Crippen LogP contribution in [0.3, 0.4) is 0 Å². The summed E-state index contributed by atoms with van der Waals surface area (Å²) < 4.78 is 0. The number of fused-ring (bicyclic) bond motifs is 3. The summed E-state index contributed by atoms with van der Waals surface area (Å²) in [5, 5.41) is 14.7. The number of anilines is 1. The van der Waals surface area contributed by atoms with Crippen LogP contribution in [0.4, 0.5) is 5.82 Å². The minimum atomic E-state index is -0.137. The van der Waals surface area contributed by atoms with Crippen molar-refractivity contribution in [3.8, 4) is 0 Å². The van der Waals surface area contributed by atoms with Crippen molar-refractivity contribution in [3.63, 3.8) is 0 Å². The van der Waals surface area contributed by atoms with Crippen molar-refractivity contribution >= 4 is 39.0 Å². The average Bonchev–Trinajstić information content (AvgIpc) is 3.01. The first-order valence-electron chi connectivity index (χ1n) is 7.63. The zero-order chi connectivity index (χ0) is 14.4. The second kappa shape index (κ2) is 5.38. The van der Waals surface area contributed by atoms with E-state index in [-0.39, 0.29) is 6.10 Å². The first kappa shape index (κ1) is 13.7. The lowest BCUT2D eigenvalue weighted by molar-refractivity contribution is 0.126. The van der Waals surface area contributed by atoms with Crippen molar-refractivity contribution in [3.05, 3.63) is 15.7 Å². The van der Waals surface area contributed by atoms with Crippen LogP contribution in [-0.2, 0) is 12.8 Å². The Balaban J connectivity index is 1.70. The van der Waals surface area contributed by atoms with Gasteiger partial charge in [0, 0.05) is 10.9 Å². The fourth-order valence-corrected chi connectivity index (χ4v) is 4.97. The van der Waals surface area contributed by atoms with Crippen molar-refractivity contribution in [1.82, 2.24) is 9.97 Å². The highest BCUT2D eigenvalue weighted by Crippen LogP contribution is 2.40. The Kier molecular flexibility index (Phi) is 3.52. The summed E-state index contributed by atoms with van der Waals surface area (Å²) >= 11 is 7.85. The maximum atomic E-state index is 9.63. The largest absolute Gasteiger partial charge is 0.393 e. The number of hydrogen-bond acceptors (Lipinski definition) is 5. The summed E-state index contributed by atoms with van der Waals surface area (Å²) in [4.78, 5) is 11.3. The first-order chi connectivity index (χ1) is 10.2. The Morgan fingerprint density at radius 3 is 2.76 bits per heavy atom. The molecule has 1 saturated carbocycles. The van der Waals surface area contributed by atoms with Gasteiger partial charge in [-0.1, -0.05) is 0 Å². The molecule has 0 radical (unpaired) electrons. The lowest BCUT2D eigenvalue weighted by atomic mass is 9.93. The minimum Gasteiger partial charge on any atom is -0.393 e. The number of hydrogen-bond donors (Lipinski definition) is 2. The number of rotatable bonds is 2. The predicted octanol–water partition coefficient (Wildman–Crippen LogP) is 3.55. The predicted molar refractivity (Wildman–Crippen MR) is 86.3 cm³/mol. The maximum absolute atomic E-state index is 9.63. The smallest absolute Gasteiger partial charge is 0.225 e. The molecule has 2 N–H and O–H groups in total. The van der Waals surface area contributed by atoms with E-state index < -0.39 is 0 Å². The summed E-state index contributed by atoms with van der Waals surface area (Å²) in [5.41, 5.74) is 1.42. The van der Waals surface area contributed by atoms with Crippen molar-refractivity contribution in [2.75, 3.05) is 5.32 Å². The van der Waals surface area contributed by atoms with Crippen LogP contribution in [0.25, 0.3) is 10.2 Å². The van der Waals surface area contributed by atoms with E-state index in [1.54, 1.807) is 11.3 Å². The molecule has 21 heavy (non-hydrogen) atoms. The number of aliphatic hydroxyl groups excluding tert-OH is 1. The van der Waals surface area contributed by atoms with Crippen LogP contribution in [0.5, 0.6) is 0 Å². The van der Waals surface area contributed by atoms with Crippen molar-refractivity contribution in [2.45, 2.75) is 57.1 Å². The molecule has 0 unspecified atom stereocenters. The molecule has 0 amide bonds. The van der Waals surface area contributed by atoms with E-state index in [9.17, 15) is 5.11 Å². The van der Waals surface area contributed by atoms with Gasteiger partial charge in [0.25, 0.3) is 0 Å². The number of nitrogens with zero attached hydrogens (tertiary/aromatic N) is 2. The number of thiophene rings is 1. The van der Waals surface area contributed by atoms with E-state index in [1.807, 2.05) is 0 Å². The normalized spacial score (nSPS) is 25.2. The van der Waals surface area contributed by atoms with Gasteiger partial charge < -0.3 is 10.4 Å². The fourth-order valence-electron chi connectivity index (χ4n) is 3.49. The van der Waals surface area contributed by atoms with Gasteiger partial charge in [-0.3, -0.25) is 0 Å². The summed E-state index contributed by atoms with van der Waals surface area (Å²) in [6.07, 6.45) is 7.06. The molecule has 6 heteroatoms. The number of aliphatic hydroxyl groups is 1. The van der Waals surface area contributed by atoms with Crippen LogP contribution in [0.15, 0.2) is 0 Å². The molecule has 0 saturated heterocycles. The molecular formula is C15H18ClN3OS. The molecule has 2 aliphatic carbocycles. The second-order valence-electron chi connectivity index (χ2n) is 6.03. The lowest BCUT2D eigenvalue weighted by Gasteiger charge is -2.26. The highest BCUT2D eigenvalue weighted by atomic mass is 35.5. The van der Waals surface area contributed by atoms with Crippen LogP contribution in [0.2, 0.25) is 5.28 Å². The van der Waals surface area contributed by atoms with Crippen LogP contribution in [-0.4, -0.2) is 27.2 Å². The van der Waals surface area contributed by atoms with Gasteiger partial charge in [0.05, 0.1) is 11.5 Å². The minimum absolute atomic E-state index is 0.137. The van der Waals surface area contributed by atoms with Gasteiger partial charge in [0.1, 0.15) is 10.6 Å². The third-order valence-electron chi connectivity index (χ3n) is 4.57. The van der Waals surface area contributed by atoms with Crippen LogP contribution >= 0.6 is 22.9 Å². The number of aromatic nitrogens is 2. The summed E-state index contributed by atoms with van der Waals surface area (Å²) in [5.74, 6) is 0.894. The summed E-state index contributed by atoms with van der Waals surface area (Å²) in [6, 6.07) is 0.375. The van der Waals surface area contributed by atoms with E-state index in [0.717, 1.165) is 49.2 Å². The standard InChI is InChI=1S/C15H18ClN3OS/c16-15-18-13(17-8-4-6-9(20)7-5-8)12-10-2-1-3-11(10)21-14(12)19-15/h8-9,20H,1-7H2,(H,17,18,19)/t8-,9-. The Labute approximate surface area is 132 Å². The zero-order valence-corrected chi connectivity index (χ0v) is 13.3. The molecule has 0 atom stereocenters. The molecule has 2 heterocycles. The second-order valence-corrected chi connectivity index (χ2v) is 7.45. The lowest BCUT2D eigenvalue weighted by Crippen LogP contribution is -2.28. The fraction of sp³-hybridized carbons (Fsp3) is 0.600. The first-order valence-corrected chi connectivity index (χ1v) is 8.82. The average molecular weight is 324 g/mol. The van der Waals surface area contributed by atoms with Crippen molar-refractivity contribution in [2.24, 2.45) is 0 Å². The summed E-state index contributed by atoms with van der Waals surface area (Å²) in [6.45, 7) is 0. The highest BCUT2D eigenvalue weighted by Gasteiger charge is 2.25. The van der Waals surface area contributed by atoms with Gasteiger partial charge in [0.2, 0.25) is 5.28 Å². The van der Waals surface area contributed by atoms with Gasteiger partial charge in [-0.2, -0.15) is 0 Å². The monoisotopic (exact) mass is 323 g/mol. The number of nitrogens with one attached hydrogen (secondary N) is 1. The van der Waals surface area contributed by atoms with Gasteiger partial charge in [0.15, 0.2) is 0 Å². The molecule has 4 nitrogen and oxygen atoms in total. The zero-order valence-electron chi connectivity index (χ0n) is 11.7. The molecule has 4 rings (SSSR count). The molecule has 2 aromatic heterocycles. The van der Waals surface area contributed by atoms with E-state index in [1.165, 1.54) is 22.2 Å². The highest BCUT2D eigenvalue weighted by molar-refractivity contribution is 7.19. The molecule has 0 aromatic carbocycles. The Morgan fingerprint density at radius 1 is 1.14 bits per heavy atom. The van der Waals surface area contributed by atoms with Gasteiger partial charge in [-0.05, 0) is 62.1 Å². The third kappa shape index (κ3) is 2.51. The Hall–Kier alpha value is -0.910. The van der Waals surface area contributed by atoms with Gasteiger partial charge in [-0.25, -0.2) is 9.97 Å². The molecule has 0 bridgehead atoms. The molecule has 112 valence electrons. The molecule has 0 spiro atoms. The topological polar surface area (TPSA) is 58.0 Å². The molecule has 2 aliphatic rings. The molecular weight excluding hydrogens is 306 g/mol. The third-order valence-corrected chi connectivity index (χ3v) is 5.93. The number of halogens is 1.